The molecule has 0 amide bonds. The number of fused-ring (bicyclic) bond motifs is 3. The van der Waals surface area contributed by atoms with E-state index in [0.29, 0.717) is 53.9 Å². The fourth-order valence-corrected chi connectivity index (χ4v) is 6.77. The highest BCUT2D eigenvalue weighted by molar-refractivity contribution is 6.30. The molecule has 41 heavy (non-hydrogen) atoms. The van der Waals surface area contributed by atoms with Crippen molar-refractivity contribution in [3.05, 3.63) is 58.8 Å². The van der Waals surface area contributed by atoms with Crippen LogP contribution in [0.2, 0.25) is 5.02 Å². The quantitative estimate of drug-likeness (QED) is 0.379. The zero-order chi connectivity index (χ0) is 28.8. The lowest BCUT2D eigenvalue weighted by atomic mass is 9.57. The van der Waals surface area contributed by atoms with Crippen molar-refractivity contribution in [1.29, 1.82) is 0 Å². The molecule has 1 aliphatic carbocycles. The molecule has 3 aromatic rings. The van der Waals surface area contributed by atoms with Crippen molar-refractivity contribution < 1.29 is 35.8 Å². The third-order valence-corrected chi connectivity index (χ3v) is 8.83. The summed E-state index contributed by atoms with van der Waals surface area (Å²) in [5.41, 5.74) is -0.941. The molecule has 8 nitrogen and oxygen atoms in total. The van der Waals surface area contributed by atoms with E-state index in [4.69, 9.17) is 16.3 Å². The van der Waals surface area contributed by atoms with Crippen LogP contribution in [0.25, 0.3) is 5.69 Å². The summed E-state index contributed by atoms with van der Waals surface area (Å²) < 4.78 is 92.3. The normalized spacial score (nSPS) is 21.8. The summed E-state index contributed by atoms with van der Waals surface area (Å²) in [6, 6.07) is 7.76. The van der Waals surface area contributed by atoms with Gasteiger partial charge in [-0.15, -0.1) is 23.4 Å². The molecule has 7 rings (SSSR count). The van der Waals surface area contributed by atoms with Gasteiger partial charge in [0.1, 0.15) is 5.82 Å². The minimum Gasteiger partial charge on any atom is -0.402 e. The third-order valence-electron chi connectivity index (χ3n) is 8.60. The Kier molecular flexibility index (Phi) is 5.84. The Hall–Kier alpha value is -3.10. The molecule has 1 spiro atoms. The van der Waals surface area contributed by atoms with Crippen molar-refractivity contribution in [1.82, 2.24) is 24.6 Å². The lowest BCUT2D eigenvalue weighted by Gasteiger charge is -2.59. The van der Waals surface area contributed by atoms with Crippen LogP contribution in [0.3, 0.4) is 0 Å². The molecule has 0 bridgehead atoms. The van der Waals surface area contributed by atoms with Crippen LogP contribution in [0, 0.1) is 5.41 Å². The first-order valence-electron chi connectivity index (χ1n) is 12.9. The van der Waals surface area contributed by atoms with Crippen LogP contribution in [0.5, 0.6) is 5.75 Å². The second-order valence-corrected chi connectivity index (χ2v) is 11.7. The van der Waals surface area contributed by atoms with Gasteiger partial charge in [0.05, 0.1) is 25.4 Å². The van der Waals surface area contributed by atoms with E-state index in [1.54, 1.807) is 23.1 Å². The lowest BCUT2D eigenvalue weighted by Crippen LogP contribution is -2.69. The Bertz CT molecular complexity index is 1490. The van der Waals surface area contributed by atoms with Crippen molar-refractivity contribution in [2.24, 2.45) is 5.41 Å². The largest absolute Gasteiger partial charge is 0.573 e. The van der Waals surface area contributed by atoms with Gasteiger partial charge in [-0.05, 0) is 48.7 Å². The zero-order valence-electron chi connectivity index (χ0n) is 21.3. The smallest absolute Gasteiger partial charge is 0.402 e. The van der Waals surface area contributed by atoms with Crippen LogP contribution in [0.15, 0.2) is 36.5 Å². The summed E-state index contributed by atoms with van der Waals surface area (Å²) in [7, 11) is 0. The van der Waals surface area contributed by atoms with E-state index >= 15 is 0 Å². The zero-order valence-corrected chi connectivity index (χ0v) is 22.1. The molecule has 1 aromatic carbocycles. The molecule has 218 valence electrons. The standard InChI is InChI=1S/C26H23ClF6N6O2/c27-17-3-4-18-15(6-17)9-38(24(13-40-14-24)25(28,29)30)10-20-35-36-21(39(18)20)16-7-23(8-16)11-37(12-23)22-19(2-1-5-34-22)41-26(31,32)33/h1-6,16H,7-14H2. The lowest BCUT2D eigenvalue weighted by molar-refractivity contribution is -0.310. The number of alkyl halides is 6. The van der Waals surface area contributed by atoms with Gasteiger partial charge in [0.15, 0.2) is 22.9 Å². The Morgan fingerprint density at radius 1 is 1.00 bits per heavy atom. The number of halogens is 7. The van der Waals surface area contributed by atoms with Gasteiger partial charge < -0.3 is 14.4 Å². The number of pyridine rings is 1. The Balaban J connectivity index is 1.13. The SMILES string of the molecule is FC(F)(F)Oc1cccnc1N1CC2(CC(c3nnc4n3-c3ccc(Cl)cc3CN(C3(C(F)(F)F)COC3)C4)C2)C1. The number of aromatic nitrogens is 4. The number of benzene rings is 1. The van der Waals surface area contributed by atoms with Gasteiger partial charge in [0.25, 0.3) is 0 Å². The predicted molar refractivity (Wildman–Crippen MR) is 133 cm³/mol. The Labute approximate surface area is 234 Å². The van der Waals surface area contributed by atoms with E-state index in [1.165, 1.54) is 23.2 Å². The third kappa shape index (κ3) is 4.33. The summed E-state index contributed by atoms with van der Waals surface area (Å²) in [5, 5.41) is 9.17. The molecule has 4 aliphatic rings. The maximum atomic E-state index is 14.2. The Morgan fingerprint density at radius 3 is 2.41 bits per heavy atom. The van der Waals surface area contributed by atoms with Gasteiger partial charge in [0, 0.05) is 42.2 Å². The first kappa shape index (κ1) is 26.8. The minimum atomic E-state index is -4.82. The van der Waals surface area contributed by atoms with Crippen molar-refractivity contribution in [2.45, 2.75) is 49.9 Å². The van der Waals surface area contributed by atoms with Gasteiger partial charge in [-0.3, -0.25) is 9.47 Å². The second-order valence-electron chi connectivity index (χ2n) is 11.3. The number of hydrogen-bond donors (Lipinski definition) is 0. The molecule has 0 radical (unpaired) electrons. The van der Waals surface area contributed by atoms with Crippen LogP contribution in [0.1, 0.15) is 36.0 Å². The minimum absolute atomic E-state index is 0.0114. The molecule has 2 saturated heterocycles. The molecule has 0 atom stereocenters. The molecular formula is C26H23ClF6N6O2. The second kappa shape index (κ2) is 8.95. The van der Waals surface area contributed by atoms with Crippen LogP contribution < -0.4 is 9.64 Å². The summed E-state index contributed by atoms with van der Waals surface area (Å²) in [6.07, 6.45) is -6.50. The number of ether oxygens (including phenoxy) is 2. The van der Waals surface area contributed by atoms with E-state index in [0.717, 1.165) is 0 Å². The number of rotatable bonds is 4. The number of anilines is 1. The van der Waals surface area contributed by atoms with Crippen molar-refractivity contribution >= 4 is 17.4 Å². The fourth-order valence-electron chi connectivity index (χ4n) is 6.58. The molecule has 3 aliphatic heterocycles. The van der Waals surface area contributed by atoms with Gasteiger partial charge >= 0.3 is 12.5 Å². The van der Waals surface area contributed by atoms with E-state index in [2.05, 4.69) is 19.9 Å². The predicted octanol–water partition coefficient (Wildman–Crippen LogP) is 5.25. The maximum Gasteiger partial charge on any atom is 0.573 e. The van der Waals surface area contributed by atoms with Gasteiger partial charge in [-0.2, -0.15) is 13.2 Å². The molecule has 3 fully saturated rings. The van der Waals surface area contributed by atoms with Crippen LogP contribution in [-0.4, -0.2) is 69.0 Å². The first-order chi connectivity index (χ1) is 19.4. The molecule has 1 saturated carbocycles. The fraction of sp³-hybridized carbons (Fsp3) is 0.500. The number of nitrogens with zero attached hydrogens (tertiary/aromatic N) is 6. The molecular weight excluding hydrogens is 578 g/mol. The van der Waals surface area contributed by atoms with E-state index in [9.17, 15) is 26.3 Å². The van der Waals surface area contributed by atoms with Crippen LogP contribution >= 0.6 is 11.6 Å². The monoisotopic (exact) mass is 600 g/mol. The summed E-state index contributed by atoms with van der Waals surface area (Å²) in [5.74, 6) is 0.822. The average Bonchev–Trinajstić information content (AvgIpc) is 3.11. The van der Waals surface area contributed by atoms with E-state index in [1.807, 2.05) is 4.57 Å². The van der Waals surface area contributed by atoms with Gasteiger partial charge in [-0.25, -0.2) is 4.98 Å². The highest BCUT2D eigenvalue weighted by Gasteiger charge is 2.64. The van der Waals surface area contributed by atoms with Crippen molar-refractivity contribution in [2.75, 3.05) is 31.2 Å². The van der Waals surface area contributed by atoms with E-state index < -0.39 is 31.3 Å². The average molecular weight is 601 g/mol. The molecule has 15 heteroatoms. The van der Waals surface area contributed by atoms with Crippen molar-refractivity contribution in [3.8, 4) is 11.4 Å². The molecule has 2 aromatic heterocycles. The first-order valence-corrected chi connectivity index (χ1v) is 13.3. The summed E-state index contributed by atoms with van der Waals surface area (Å²) >= 11 is 6.26. The highest BCUT2D eigenvalue weighted by atomic mass is 35.5. The highest BCUT2D eigenvalue weighted by Crippen LogP contribution is 2.57. The summed E-state index contributed by atoms with van der Waals surface area (Å²) in [4.78, 5) is 7.21. The molecule has 0 N–H and O–H groups in total. The Morgan fingerprint density at radius 2 is 1.76 bits per heavy atom. The molecule has 0 unspecified atom stereocenters. The van der Waals surface area contributed by atoms with Crippen molar-refractivity contribution in [3.63, 3.8) is 0 Å². The van der Waals surface area contributed by atoms with Gasteiger partial charge in [0.2, 0.25) is 0 Å². The van der Waals surface area contributed by atoms with Crippen LogP contribution in [0.4, 0.5) is 32.2 Å². The van der Waals surface area contributed by atoms with Crippen LogP contribution in [-0.2, 0) is 17.8 Å². The van der Waals surface area contributed by atoms with Gasteiger partial charge in [-0.1, -0.05) is 11.6 Å². The molecule has 5 heterocycles. The van der Waals surface area contributed by atoms with E-state index in [-0.39, 0.29) is 36.0 Å². The summed E-state index contributed by atoms with van der Waals surface area (Å²) in [6.45, 7) is 0.0304. The maximum absolute atomic E-state index is 14.2. The number of hydrogen-bond acceptors (Lipinski definition) is 7. The topological polar surface area (TPSA) is 68.5 Å².